The molecule has 4 rings (SSSR count). The second kappa shape index (κ2) is 6.77. The van der Waals surface area contributed by atoms with Crippen molar-refractivity contribution in [3.63, 3.8) is 0 Å². The minimum absolute atomic E-state index is 0.111. The number of ether oxygens (including phenoxy) is 2. The van der Waals surface area contributed by atoms with Gasteiger partial charge in [0.15, 0.2) is 11.9 Å². The summed E-state index contributed by atoms with van der Waals surface area (Å²) in [5.41, 5.74) is 8.25. The summed E-state index contributed by atoms with van der Waals surface area (Å²) >= 11 is 0. The van der Waals surface area contributed by atoms with Crippen LogP contribution in [0.5, 0.6) is 5.75 Å². The number of aliphatic hydroxyl groups excluding tert-OH is 3. The smallest absolute Gasteiger partial charge is 0.335 e. The molecular weight excluding hydrogens is 386 g/mol. The summed E-state index contributed by atoms with van der Waals surface area (Å²) in [7, 11) is 1.69. The first-order valence-electron chi connectivity index (χ1n) is 8.66. The largest absolute Gasteiger partial charge is 0.479 e. The lowest BCUT2D eigenvalue weighted by Gasteiger charge is -2.38. The number of hydrogen-bond donors (Lipinski definition) is 5. The number of aromatic nitrogens is 4. The summed E-state index contributed by atoms with van der Waals surface area (Å²) < 4.78 is 12.5. The van der Waals surface area contributed by atoms with Crippen LogP contribution < -0.4 is 10.5 Å². The molecule has 0 spiro atoms. The lowest BCUT2D eigenvalue weighted by molar-refractivity contribution is -0.270. The second-order valence-corrected chi connectivity index (χ2v) is 6.83. The second-order valence-electron chi connectivity index (χ2n) is 6.83. The van der Waals surface area contributed by atoms with Gasteiger partial charge in [0.05, 0.1) is 11.2 Å². The molecule has 0 saturated carbocycles. The van der Waals surface area contributed by atoms with Crippen LogP contribution in [0.3, 0.4) is 0 Å². The zero-order valence-corrected chi connectivity index (χ0v) is 15.4. The molecule has 3 aromatic rings. The minimum Gasteiger partial charge on any atom is -0.479 e. The third-order valence-corrected chi connectivity index (χ3v) is 4.85. The minimum atomic E-state index is -1.82. The van der Waals surface area contributed by atoms with E-state index < -0.39 is 36.7 Å². The number of nitrogen functional groups attached to an aromatic ring is 1. The molecule has 0 bridgehead atoms. The summed E-state index contributed by atoms with van der Waals surface area (Å²) in [6, 6.07) is 1.55. The number of carboxylic acids is 1. The lowest BCUT2D eigenvalue weighted by atomic mass is 9.99. The molecule has 29 heavy (non-hydrogen) atoms. The van der Waals surface area contributed by atoms with Crippen LogP contribution in [0, 0.1) is 6.92 Å². The van der Waals surface area contributed by atoms with Crippen molar-refractivity contribution >= 4 is 34.0 Å². The Labute approximate surface area is 163 Å². The molecule has 0 aliphatic carbocycles. The van der Waals surface area contributed by atoms with Crippen molar-refractivity contribution in [2.45, 2.75) is 37.6 Å². The first kappa shape index (κ1) is 19.3. The van der Waals surface area contributed by atoms with Gasteiger partial charge in [0.2, 0.25) is 12.2 Å². The van der Waals surface area contributed by atoms with Crippen LogP contribution in [0.4, 0.5) is 5.95 Å². The van der Waals surface area contributed by atoms with Crippen molar-refractivity contribution in [2.75, 3.05) is 5.73 Å². The topological polar surface area (TPSA) is 186 Å². The number of fused-ring (bicyclic) bond motifs is 3. The van der Waals surface area contributed by atoms with E-state index in [1.807, 2.05) is 0 Å². The molecule has 154 valence electrons. The average molecular weight is 405 g/mol. The Morgan fingerprint density at radius 3 is 2.59 bits per heavy atom. The van der Waals surface area contributed by atoms with Gasteiger partial charge >= 0.3 is 5.97 Å². The van der Waals surface area contributed by atoms with Gasteiger partial charge in [-0.15, -0.1) is 0 Å². The van der Waals surface area contributed by atoms with Crippen molar-refractivity contribution in [3.8, 4) is 5.75 Å². The molecule has 5 unspecified atom stereocenters. The molecule has 1 fully saturated rings. The van der Waals surface area contributed by atoms with Gasteiger partial charge in [0.25, 0.3) is 0 Å². The van der Waals surface area contributed by atoms with Crippen molar-refractivity contribution in [1.29, 1.82) is 0 Å². The van der Waals surface area contributed by atoms with Crippen LogP contribution in [0.1, 0.15) is 5.69 Å². The SMILES string of the molecule is Cc1cnc2c(OC3OC(C(=O)O)C(O)C(O)C3O)cc3c(nc(N)n3C)c2n1. The molecule has 0 radical (unpaired) electrons. The fourth-order valence-electron chi connectivity index (χ4n) is 3.25. The zero-order valence-electron chi connectivity index (χ0n) is 15.4. The number of benzene rings is 1. The highest BCUT2D eigenvalue weighted by Crippen LogP contribution is 2.34. The maximum absolute atomic E-state index is 11.3. The number of imidazole rings is 1. The molecule has 1 aliphatic heterocycles. The number of rotatable bonds is 3. The molecule has 1 saturated heterocycles. The van der Waals surface area contributed by atoms with Gasteiger partial charge in [-0.05, 0) is 6.92 Å². The number of nitrogens with two attached hydrogens (primary N) is 1. The summed E-state index contributed by atoms with van der Waals surface area (Å²) in [6.45, 7) is 1.75. The average Bonchev–Trinajstić information content (AvgIpc) is 2.96. The molecule has 1 aliphatic rings. The Morgan fingerprint density at radius 2 is 1.90 bits per heavy atom. The maximum atomic E-state index is 11.3. The highest BCUT2D eigenvalue weighted by atomic mass is 16.7. The molecule has 12 nitrogen and oxygen atoms in total. The fourth-order valence-corrected chi connectivity index (χ4v) is 3.25. The summed E-state index contributed by atoms with van der Waals surface area (Å²) in [5.74, 6) is -1.16. The van der Waals surface area contributed by atoms with E-state index in [2.05, 4.69) is 15.0 Å². The van der Waals surface area contributed by atoms with Crippen molar-refractivity contribution < 1.29 is 34.7 Å². The third kappa shape index (κ3) is 3.02. The number of carbonyl (C=O) groups is 1. The molecule has 12 heteroatoms. The quantitative estimate of drug-likeness (QED) is 0.348. The highest BCUT2D eigenvalue weighted by molar-refractivity contribution is 6.04. The van der Waals surface area contributed by atoms with Crippen LogP contribution in [0.25, 0.3) is 22.1 Å². The number of nitrogens with zero attached hydrogens (tertiary/aromatic N) is 4. The summed E-state index contributed by atoms with van der Waals surface area (Å²) in [6.07, 6.45) is -7.17. The molecule has 3 heterocycles. The standard InChI is InChI=1S/C17H19N5O7/c1-5-4-19-9-7(3-6-8(10(9)20-5)21-17(18)22(6)2)28-16-13(25)11(23)12(24)14(29-16)15(26)27/h3-4,11-14,16,23-25H,1-2H3,(H2,18,21)(H,26,27). The fraction of sp³-hybridized carbons (Fsp3) is 0.412. The van der Waals surface area contributed by atoms with Crippen molar-refractivity contribution in [2.24, 2.45) is 7.05 Å². The van der Waals surface area contributed by atoms with E-state index in [1.165, 1.54) is 6.20 Å². The Bertz CT molecular complexity index is 1120. The van der Waals surface area contributed by atoms with Crippen molar-refractivity contribution in [1.82, 2.24) is 19.5 Å². The lowest BCUT2D eigenvalue weighted by Crippen LogP contribution is -2.61. The van der Waals surface area contributed by atoms with Gasteiger partial charge in [-0.1, -0.05) is 0 Å². The molecule has 0 amide bonds. The number of carboxylic acid groups (broad SMARTS) is 1. The number of anilines is 1. The number of hydrogen-bond acceptors (Lipinski definition) is 10. The van der Waals surface area contributed by atoms with E-state index >= 15 is 0 Å². The van der Waals surface area contributed by atoms with E-state index in [0.717, 1.165) is 0 Å². The van der Waals surface area contributed by atoms with E-state index in [9.17, 15) is 25.2 Å². The van der Waals surface area contributed by atoms with E-state index in [-0.39, 0.29) is 17.2 Å². The molecule has 5 atom stereocenters. The summed E-state index contributed by atoms with van der Waals surface area (Å²) in [5, 5.41) is 39.3. The van der Waals surface area contributed by atoms with Crippen LogP contribution in [0.15, 0.2) is 12.3 Å². The molecule has 6 N–H and O–H groups in total. The summed E-state index contributed by atoms with van der Waals surface area (Å²) in [4.78, 5) is 24.3. The number of aryl methyl sites for hydroxylation is 2. The Hall–Kier alpha value is -3.06. The van der Waals surface area contributed by atoms with Crippen LogP contribution >= 0.6 is 0 Å². The monoisotopic (exact) mass is 405 g/mol. The predicted molar refractivity (Wildman–Crippen MR) is 97.9 cm³/mol. The third-order valence-electron chi connectivity index (χ3n) is 4.85. The maximum Gasteiger partial charge on any atom is 0.335 e. The number of aliphatic hydroxyl groups is 3. The van der Waals surface area contributed by atoms with Gasteiger partial charge in [0, 0.05) is 19.3 Å². The van der Waals surface area contributed by atoms with Gasteiger partial charge in [-0.3, -0.25) is 0 Å². The van der Waals surface area contributed by atoms with Gasteiger partial charge in [-0.2, -0.15) is 0 Å². The van der Waals surface area contributed by atoms with E-state index in [1.54, 1.807) is 24.6 Å². The van der Waals surface area contributed by atoms with Gasteiger partial charge in [0.1, 0.15) is 34.9 Å². The normalized spacial score (nSPS) is 27.4. The van der Waals surface area contributed by atoms with E-state index in [4.69, 9.17) is 15.2 Å². The first-order chi connectivity index (χ1) is 13.7. The van der Waals surface area contributed by atoms with Gasteiger partial charge in [-0.25, -0.2) is 19.7 Å². The van der Waals surface area contributed by atoms with Crippen molar-refractivity contribution in [3.05, 3.63) is 18.0 Å². The molecular formula is C17H19N5O7. The van der Waals surface area contributed by atoms with Crippen LogP contribution in [-0.4, -0.2) is 76.6 Å². The zero-order chi connectivity index (χ0) is 21.0. The van der Waals surface area contributed by atoms with E-state index in [0.29, 0.717) is 22.2 Å². The molecule has 2 aromatic heterocycles. The Balaban J connectivity index is 1.82. The Morgan fingerprint density at radius 1 is 1.17 bits per heavy atom. The Kier molecular flexibility index (Phi) is 4.50. The van der Waals surface area contributed by atoms with Crippen LogP contribution in [0.2, 0.25) is 0 Å². The van der Waals surface area contributed by atoms with Gasteiger partial charge < -0.3 is 40.2 Å². The molecule has 1 aromatic carbocycles. The first-order valence-corrected chi connectivity index (χ1v) is 8.66. The predicted octanol–water partition coefficient (Wildman–Crippen LogP) is -1.32. The highest BCUT2D eigenvalue weighted by Gasteiger charge is 2.48. The van der Waals surface area contributed by atoms with Crippen LogP contribution in [-0.2, 0) is 16.6 Å². The number of aliphatic carboxylic acids is 1.